The average Bonchev–Trinajstić information content (AvgIpc) is 0.938. The Bertz CT molecular complexity index is 1940. The minimum Gasteiger partial charge on any atom is -0.462 e. The Morgan fingerprint density at radius 2 is 0.460 bits per heavy atom. The topological polar surface area (TPSA) is 237 Å². The molecule has 0 bridgehead atoms. The van der Waals surface area contributed by atoms with Gasteiger partial charge in [0.15, 0.2) is 12.2 Å². The molecule has 3 N–H and O–H groups in total. The highest BCUT2D eigenvalue weighted by atomic mass is 31.2. The summed E-state index contributed by atoms with van der Waals surface area (Å²) in [6, 6.07) is 0. The maximum atomic E-state index is 13.1. The summed E-state index contributed by atoms with van der Waals surface area (Å²) in [4.78, 5) is 73.1. The number of phosphoric acid groups is 2. The van der Waals surface area contributed by atoms with Gasteiger partial charge in [0.1, 0.15) is 19.3 Å². The van der Waals surface area contributed by atoms with E-state index in [4.69, 9.17) is 37.0 Å². The van der Waals surface area contributed by atoms with Crippen molar-refractivity contribution in [3.8, 4) is 0 Å². The van der Waals surface area contributed by atoms with Gasteiger partial charge in [0.05, 0.1) is 26.4 Å². The molecule has 0 aromatic heterocycles. The molecule has 0 aromatic rings. The molecule has 0 saturated heterocycles. The number of carbonyl (C=O) groups is 4. The van der Waals surface area contributed by atoms with Crippen LogP contribution in [0.1, 0.15) is 421 Å². The Balaban J connectivity index is 5.27. The standard InChI is InChI=1S/C81H158O17P2/c1-8-9-10-11-12-13-14-15-16-17-18-21-28-35-43-50-57-64-80(85)97-76(68-91-78(83)62-55-48-41-34-27-22-19-20-25-31-38-45-52-59-72(2)3)70-95-99(87,88)93-66-75(82)67-94-100(89,90)96-71-77(69-92-79(84)63-56-49-42-37-30-33-40-47-54-61-74(6)7)98-81(86)65-58-51-44-36-29-24-23-26-32-39-46-53-60-73(4)5/h72-77,82H,8-71H2,1-7H3,(H,87,88)(H,89,90)/t75-,76-,77-/m1/s1. The second-order valence-electron chi connectivity index (χ2n) is 30.6. The number of hydrogen-bond donors (Lipinski definition) is 3. The van der Waals surface area contributed by atoms with Gasteiger partial charge in [-0.2, -0.15) is 0 Å². The van der Waals surface area contributed by atoms with Gasteiger partial charge in [-0.15, -0.1) is 0 Å². The van der Waals surface area contributed by atoms with Gasteiger partial charge in [0.25, 0.3) is 0 Å². The molecule has 0 heterocycles. The van der Waals surface area contributed by atoms with Crippen LogP contribution in [-0.2, 0) is 65.4 Å². The summed E-state index contributed by atoms with van der Waals surface area (Å²) in [5.74, 6) is 0.202. The van der Waals surface area contributed by atoms with Crippen molar-refractivity contribution < 1.29 is 80.2 Å². The quantitative estimate of drug-likeness (QED) is 0.0222. The zero-order valence-corrected chi connectivity index (χ0v) is 67.5. The van der Waals surface area contributed by atoms with Crippen molar-refractivity contribution in [3.63, 3.8) is 0 Å². The van der Waals surface area contributed by atoms with Crippen LogP contribution in [0.5, 0.6) is 0 Å². The molecule has 17 nitrogen and oxygen atoms in total. The summed E-state index contributed by atoms with van der Waals surface area (Å²) in [6.45, 7) is 12.0. The molecule has 0 aromatic carbocycles. The average molecular weight is 1470 g/mol. The van der Waals surface area contributed by atoms with Crippen LogP contribution in [0.4, 0.5) is 0 Å². The normalized spacial score (nSPS) is 14.0. The lowest BCUT2D eigenvalue weighted by Gasteiger charge is -2.21. The number of rotatable bonds is 79. The fourth-order valence-electron chi connectivity index (χ4n) is 12.5. The van der Waals surface area contributed by atoms with Crippen LogP contribution >= 0.6 is 15.6 Å². The Kier molecular flexibility index (Phi) is 69.9. The van der Waals surface area contributed by atoms with Gasteiger partial charge < -0.3 is 33.8 Å². The first-order valence-electron chi connectivity index (χ1n) is 41.8. The Morgan fingerprint density at radius 3 is 0.680 bits per heavy atom. The predicted molar refractivity (Wildman–Crippen MR) is 409 cm³/mol. The van der Waals surface area contributed by atoms with E-state index in [-0.39, 0.29) is 25.7 Å². The number of esters is 4. The third kappa shape index (κ3) is 74.3. The van der Waals surface area contributed by atoms with Crippen molar-refractivity contribution in [2.24, 2.45) is 17.8 Å². The zero-order chi connectivity index (χ0) is 73.7. The molecule has 0 rings (SSSR count). The zero-order valence-electron chi connectivity index (χ0n) is 65.7. The van der Waals surface area contributed by atoms with Gasteiger partial charge in [0.2, 0.25) is 0 Å². The lowest BCUT2D eigenvalue weighted by molar-refractivity contribution is -0.161. The second kappa shape index (κ2) is 71.3. The number of hydrogen-bond acceptors (Lipinski definition) is 15. The lowest BCUT2D eigenvalue weighted by atomic mass is 10.0. The molecule has 594 valence electrons. The largest absolute Gasteiger partial charge is 0.472 e. The molecular formula is C81H158O17P2. The van der Waals surface area contributed by atoms with E-state index in [1.54, 1.807) is 0 Å². The molecular weight excluding hydrogens is 1310 g/mol. The highest BCUT2D eigenvalue weighted by Gasteiger charge is 2.30. The fraction of sp³-hybridized carbons (Fsp3) is 0.951. The molecule has 0 aliphatic heterocycles. The molecule has 19 heteroatoms. The molecule has 100 heavy (non-hydrogen) atoms. The van der Waals surface area contributed by atoms with Crippen molar-refractivity contribution in [2.45, 2.75) is 439 Å². The molecule has 0 fully saturated rings. The molecule has 5 atom stereocenters. The van der Waals surface area contributed by atoms with E-state index in [1.165, 1.54) is 231 Å². The van der Waals surface area contributed by atoms with E-state index < -0.39 is 97.5 Å². The van der Waals surface area contributed by atoms with E-state index in [9.17, 15) is 43.2 Å². The highest BCUT2D eigenvalue weighted by molar-refractivity contribution is 7.47. The lowest BCUT2D eigenvalue weighted by Crippen LogP contribution is -2.30. The minimum atomic E-state index is -4.96. The van der Waals surface area contributed by atoms with Gasteiger partial charge >= 0.3 is 39.5 Å². The number of unbranched alkanes of at least 4 members (excludes halogenated alkanes) is 47. The van der Waals surface area contributed by atoms with Crippen molar-refractivity contribution in [3.05, 3.63) is 0 Å². The van der Waals surface area contributed by atoms with Gasteiger partial charge in [-0.05, 0) is 43.4 Å². The number of aliphatic hydroxyl groups is 1. The Labute approximate surface area is 613 Å². The first-order chi connectivity index (χ1) is 48.2. The molecule has 0 spiro atoms. The first kappa shape index (κ1) is 98.1. The van der Waals surface area contributed by atoms with Crippen LogP contribution in [0.3, 0.4) is 0 Å². The van der Waals surface area contributed by atoms with Gasteiger partial charge in [-0.1, -0.05) is 370 Å². The number of ether oxygens (including phenoxy) is 4. The molecule has 0 aliphatic carbocycles. The smallest absolute Gasteiger partial charge is 0.462 e. The van der Waals surface area contributed by atoms with E-state index in [2.05, 4.69) is 48.5 Å². The van der Waals surface area contributed by atoms with Gasteiger partial charge in [0, 0.05) is 25.7 Å². The maximum Gasteiger partial charge on any atom is 0.472 e. The van der Waals surface area contributed by atoms with E-state index in [1.807, 2.05) is 0 Å². The Morgan fingerprint density at radius 1 is 0.270 bits per heavy atom. The molecule has 2 unspecified atom stereocenters. The van der Waals surface area contributed by atoms with Gasteiger partial charge in [-0.3, -0.25) is 37.3 Å². The molecule has 0 amide bonds. The van der Waals surface area contributed by atoms with Crippen LogP contribution in [0, 0.1) is 17.8 Å². The van der Waals surface area contributed by atoms with Crippen LogP contribution < -0.4 is 0 Å². The van der Waals surface area contributed by atoms with Crippen LogP contribution in [0.25, 0.3) is 0 Å². The van der Waals surface area contributed by atoms with Crippen molar-refractivity contribution in [2.75, 3.05) is 39.6 Å². The Hall–Kier alpha value is -1.94. The number of aliphatic hydroxyl groups excluding tert-OH is 1. The monoisotopic (exact) mass is 1470 g/mol. The molecule has 0 radical (unpaired) electrons. The van der Waals surface area contributed by atoms with E-state index >= 15 is 0 Å². The summed E-state index contributed by atoms with van der Waals surface area (Å²) in [6.07, 6.45) is 59.6. The van der Waals surface area contributed by atoms with Crippen LogP contribution in [0.2, 0.25) is 0 Å². The summed E-state index contributed by atoms with van der Waals surface area (Å²) >= 11 is 0. The summed E-state index contributed by atoms with van der Waals surface area (Å²) in [7, 11) is -9.92. The minimum absolute atomic E-state index is 0.107. The summed E-state index contributed by atoms with van der Waals surface area (Å²) in [5.41, 5.74) is 0. The first-order valence-corrected chi connectivity index (χ1v) is 44.8. The fourth-order valence-corrected chi connectivity index (χ4v) is 14.1. The summed E-state index contributed by atoms with van der Waals surface area (Å²) in [5, 5.41) is 10.6. The van der Waals surface area contributed by atoms with E-state index in [0.29, 0.717) is 25.7 Å². The second-order valence-corrected chi connectivity index (χ2v) is 33.5. The van der Waals surface area contributed by atoms with Gasteiger partial charge in [-0.25, -0.2) is 9.13 Å². The highest BCUT2D eigenvalue weighted by Crippen LogP contribution is 2.45. The third-order valence-electron chi connectivity index (χ3n) is 18.9. The van der Waals surface area contributed by atoms with Crippen molar-refractivity contribution >= 4 is 39.5 Å². The SMILES string of the molecule is CCCCCCCCCCCCCCCCCCCC(=O)O[C@H](COC(=O)CCCCCCCCCCCCCCCC(C)C)COP(=O)(O)OC[C@@H](O)COP(=O)(O)OC[C@@H](COC(=O)CCCCCCCCCCCC(C)C)OC(=O)CCCCCCCCCCCCCCC(C)C. The van der Waals surface area contributed by atoms with Crippen molar-refractivity contribution in [1.82, 2.24) is 0 Å². The number of phosphoric ester groups is 2. The van der Waals surface area contributed by atoms with E-state index in [0.717, 1.165) is 108 Å². The molecule has 0 saturated carbocycles. The summed E-state index contributed by atoms with van der Waals surface area (Å²) < 4.78 is 68.8. The molecule has 0 aliphatic rings. The van der Waals surface area contributed by atoms with Crippen LogP contribution in [0.15, 0.2) is 0 Å². The predicted octanol–water partition coefficient (Wildman–Crippen LogP) is 24.1. The number of carbonyl (C=O) groups excluding carboxylic acids is 4. The van der Waals surface area contributed by atoms with Crippen molar-refractivity contribution in [1.29, 1.82) is 0 Å². The maximum absolute atomic E-state index is 13.1. The van der Waals surface area contributed by atoms with Crippen LogP contribution in [-0.4, -0.2) is 96.7 Å². The third-order valence-corrected chi connectivity index (χ3v) is 20.8.